The predicted octanol–water partition coefficient (Wildman–Crippen LogP) is 2.58. The average Bonchev–Trinajstić information content (AvgIpc) is 3.23. The number of nitrogens with zero attached hydrogens (tertiary/aromatic N) is 1. The molecule has 0 spiro atoms. The first-order valence-electron chi connectivity index (χ1n) is 7.66. The Labute approximate surface area is 121 Å². The van der Waals surface area contributed by atoms with Crippen molar-refractivity contribution in [3.63, 3.8) is 0 Å². The molecule has 1 atom stereocenters. The molecule has 1 saturated heterocycles. The summed E-state index contributed by atoms with van der Waals surface area (Å²) < 4.78 is 5.70. The van der Waals surface area contributed by atoms with Crippen LogP contribution < -0.4 is 10.1 Å². The summed E-state index contributed by atoms with van der Waals surface area (Å²) in [7, 11) is 0. The van der Waals surface area contributed by atoms with Crippen molar-refractivity contribution in [2.75, 3.05) is 19.7 Å². The van der Waals surface area contributed by atoms with Crippen molar-refractivity contribution < 1.29 is 4.74 Å². The van der Waals surface area contributed by atoms with E-state index in [1.165, 1.54) is 37.9 Å². The van der Waals surface area contributed by atoms with Crippen molar-refractivity contribution in [3.8, 4) is 5.75 Å². The summed E-state index contributed by atoms with van der Waals surface area (Å²) in [5.41, 5.74) is 1.24. The smallest absolute Gasteiger partial charge is 0.124 e. The molecular weight excluding hydrogens is 248 g/mol. The second kappa shape index (κ2) is 6.42. The van der Waals surface area contributed by atoms with Gasteiger partial charge < -0.3 is 10.1 Å². The summed E-state index contributed by atoms with van der Waals surface area (Å²) in [6, 6.07) is 9.79. The van der Waals surface area contributed by atoms with E-state index in [1.807, 2.05) is 12.1 Å². The Balaban J connectivity index is 1.51. The minimum Gasteiger partial charge on any atom is -0.489 e. The van der Waals surface area contributed by atoms with Crippen molar-refractivity contribution in [1.82, 2.24) is 10.2 Å². The van der Waals surface area contributed by atoms with Gasteiger partial charge in [0.05, 0.1) is 0 Å². The number of hydrogen-bond donors (Lipinski definition) is 1. The highest BCUT2D eigenvalue weighted by Crippen LogP contribution is 2.30. The number of nitrogens with one attached hydrogen (secondary N) is 1. The van der Waals surface area contributed by atoms with Crippen LogP contribution >= 0.6 is 0 Å². The lowest BCUT2D eigenvalue weighted by atomic mass is 10.2. The molecule has 1 N–H and O–H groups in total. The molecule has 1 unspecified atom stereocenters. The summed E-state index contributed by atoms with van der Waals surface area (Å²) in [6.07, 6.45) is 5.87. The van der Waals surface area contributed by atoms with Crippen LogP contribution in [-0.2, 0) is 6.54 Å². The van der Waals surface area contributed by atoms with Crippen LogP contribution in [0.2, 0.25) is 0 Å². The number of hydrogen-bond acceptors (Lipinski definition) is 3. The molecule has 0 aromatic heterocycles. The normalized spacial score (nSPS) is 22.9. The number of benzene rings is 1. The van der Waals surface area contributed by atoms with E-state index in [1.54, 1.807) is 6.08 Å². The first-order chi connectivity index (χ1) is 9.86. The number of likely N-dealkylation sites (tertiary alicyclic amines) is 1. The predicted molar refractivity (Wildman–Crippen MR) is 82.0 cm³/mol. The van der Waals surface area contributed by atoms with Crippen LogP contribution in [0.15, 0.2) is 36.9 Å². The van der Waals surface area contributed by atoms with Crippen molar-refractivity contribution in [2.24, 2.45) is 0 Å². The highest BCUT2D eigenvalue weighted by molar-refractivity contribution is 5.33. The van der Waals surface area contributed by atoms with Gasteiger partial charge in [0.25, 0.3) is 0 Å². The van der Waals surface area contributed by atoms with Crippen LogP contribution in [0, 0.1) is 0 Å². The topological polar surface area (TPSA) is 24.5 Å². The molecular formula is C17H24N2O. The molecule has 0 radical (unpaired) electrons. The first-order valence-corrected chi connectivity index (χ1v) is 7.66. The third kappa shape index (κ3) is 3.41. The molecule has 1 aliphatic carbocycles. The maximum Gasteiger partial charge on any atom is 0.124 e. The van der Waals surface area contributed by atoms with Gasteiger partial charge in [0.1, 0.15) is 12.4 Å². The third-order valence-electron chi connectivity index (χ3n) is 4.19. The fraction of sp³-hybridized carbons (Fsp3) is 0.529. The minimum atomic E-state index is 0.565. The molecule has 0 amide bonds. The summed E-state index contributed by atoms with van der Waals surface area (Å²) in [5, 5.41) is 3.68. The molecule has 1 aliphatic heterocycles. The molecule has 2 aliphatic rings. The second-order valence-electron chi connectivity index (χ2n) is 5.80. The van der Waals surface area contributed by atoms with Crippen LogP contribution in [0.5, 0.6) is 5.75 Å². The average molecular weight is 272 g/mol. The highest BCUT2D eigenvalue weighted by atomic mass is 16.5. The van der Waals surface area contributed by atoms with Crippen molar-refractivity contribution in [1.29, 1.82) is 0 Å². The van der Waals surface area contributed by atoms with Crippen molar-refractivity contribution in [2.45, 2.75) is 37.9 Å². The first kappa shape index (κ1) is 13.7. The zero-order chi connectivity index (χ0) is 13.8. The van der Waals surface area contributed by atoms with E-state index in [4.69, 9.17) is 4.74 Å². The van der Waals surface area contributed by atoms with E-state index in [-0.39, 0.29) is 0 Å². The molecule has 1 saturated carbocycles. The molecule has 0 bridgehead atoms. The summed E-state index contributed by atoms with van der Waals surface area (Å²) in [6.45, 7) is 7.62. The van der Waals surface area contributed by atoms with Gasteiger partial charge in [-0.3, -0.25) is 4.90 Å². The summed E-state index contributed by atoms with van der Waals surface area (Å²) >= 11 is 0. The molecule has 1 aromatic rings. The molecule has 3 heteroatoms. The Hall–Kier alpha value is -1.32. The lowest BCUT2D eigenvalue weighted by Crippen LogP contribution is -2.33. The van der Waals surface area contributed by atoms with Gasteiger partial charge in [-0.2, -0.15) is 0 Å². The van der Waals surface area contributed by atoms with E-state index in [9.17, 15) is 0 Å². The molecule has 1 aromatic carbocycles. The lowest BCUT2D eigenvalue weighted by molar-refractivity contribution is 0.316. The molecule has 3 nitrogen and oxygen atoms in total. The Kier molecular flexibility index (Phi) is 4.38. The fourth-order valence-corrected chi connectivity index (χ4v) is 2.92. The molecule has 1 heterocycles. The van der Waals surface area contributed by atoms with Crippen LogP contribution in [0.4, 0.5) is 0 Å². The zero-order valence-electron chi connectivity index (χ0n) is 12.1. The quantitative estimate of drug-likeness (QED) is 0.772. The fourth-order valence-electron chi connectivity index (χ4n) is 2.92. The minimum absolute atomic E-state index is 0.565. The Morgan fingerprint density at radius 1 is 1.30 bits per heavy atom. The van der Waals surface area contributed by atoms with E-state index < -0.39 is 0 Å². The lowest BCUT2D eigenvalue weighted by Gasteiger charge is -2.17. The Bertz CT molecular complexity index is 456. The van der Waals surface area contributed by atoms with Gasteiger partial charge in [0.15, 0.2) is 0 Å². The number of para-hydroxylation sites is 1. The highest BCUT2D eigenvalue weighted by Gasteiger charge is 2.34. The summed E-state index contributed by atoms with van der Waals surface area (Å²) in [4.78, 5) is 2.64. The number of rotatable bonds is 7. The Morgan fingerprint density at radius 2 is 2.15 bits per heavy atom. The van der Waals surface area contributed by atoms with Crippen LogP contribution in [-0.4, -0.2) is 36.7 Å². The molecule has 20 heavy (non-hydrogen) atoms. The second-order valence-corrected chi connectivity index (χ2v) is 5.80. The monoisotopic (exact) mass is 272 g/mol. The van der Waals surface area contributed by atoms with Crippen LogP contribution in [0.3, 0.4) is 0 Å². The van der Waals surface area contributed by atoms with Gasteiger partial charge in [0, 0.05) is 37.3 Å². The van der Waals surface area contributed by atoms with Crippen LogP contribution in [0.1, 0.15) is 24.8 Å². The third-order valence-corrected chi connectivity index (χ3v) is 4.19. The van der Waals surface area contributed by atoms with Crippen molar-refractivity contribution >= 4 is 0 Å². The van der Waals surface area contributed by atoms with E-state index >= 15 is 0 Å². The molecule has 108 valence electrons. The Morgan fingerprint density at radius 3 is 2.95 bits per heavy atom. The molecule has 3 rings (SSSR count). The van der Waals surface area contributed by atoms with E-state index in [0.29, 0.717) is 12.6 Å². The largest absolute Gasteiger partial charge is 0.489 e. The SMILES string of the molecule is C=CCOc1ccccc1CNC1CCN(C2CC2)C1. The van der Waals surface area contributed by atoms with Crippen molar-refractivity contribution in [3.05, 3.63) is 42.5 Å². The van der Waals surface area contributed by atoms with Gasteiger partial charge in [0.2, 0.25) is 0 Å². The van der Waals surface area contributed by atoms with E-state index in [0.717, 1.165) is 18.3 Å². The number of ether oxygens (including phenoxy) is 1. The van der Waals surface area contributed by atoms with Gasteiger partial charge >= 0.3 is 0 Å². The summed E-state index contributed by atoms with van der Waals surface area (Å²) in [5.74, 6) is 0.969. The zero-order valence-corrected chi connectivity index (χ0v) is 12.1. The standard InChI is InChI=1S/C17H24N2O/c1-2-11-20-17-6-4-3-5-14(17)12-18-15-9-10-19(13-15)16-7-8-16/h2-6,15-16,18H,1,7-13H2. The van der Waals surface area contributed by atoms with Gasteiger partial charge in [-0.05, 0) is 25.3 Å². The van der Waals surface area contributed by atoms with E-state index in [2.05, 4.69) is 28.9 Å². The van der Waals surface area contributed by atoms with Gasteiger partial charge in [-0.1, -0.05) is 30.9 Å². The van der Waals surface area contributed by atoms with Gasteiger partial charge in [-0.25, -0.2) is 0 Å². The maximum absolute atomic E-state index is 5.70. The maximum atomic E-state index is 5.70. The van der Waals surface area contributed by atoms with Gasteiger partial charge in [-0.15, -0.1) is 0 Å². The van der Waals surface area contributed by atoms with Crippen LogP contribution in [0.25, 0.3) is 0 Å². The molecule has 2 fully saturated rings.